The Balaban J connectivity index is 1.65. The smallest absolute Gasteiger partial charge is 0.234 e. The maximum atomic E-state index is 12.2. The van der Waals surface area contributed by atoms with Gasteiger partial charge in [-0.2, -0.15) is 0 Å². The highest BCUT2D eigenvalue weighted by molar-refractivity contribution is 7.99. The number of methoxy groups -OCH3 is 1. The number of thioether (sulfide) groups is 1. The highest BCUT2D eigenvalue weighted by Crippen LogP contribution is 2.27. The summed E-state index contributed by atoms with van der Waals surface area (Å²) in [7, 11) is 1.54. The van der Waals surface area contributed by atoms with Gasteiger partial charge in [0.15, 0.2) is 5.82 Å². The number of carbonyl (C=O) groups is 1. The molecule has 0 bridgehead atoms. The summed E-state index contributed by atoms with van der Waals surface area (Å²) in [5, 5.41) is 3.92. The lowest BCUT2D eigenvalue weighted by Gasteiger charge is -2.08. The minimum absolute atomic E-state index is 0.168. The molecule has 0 saturated carbocycles. The SMILES string of the molecule is COc1ccc(NC(=O)CSc2cc(C)nc(-c3cnccn3)n2)cc1Cl. The summed E-state index contributed by atoms with van der Waals surface area (Å²) in [6.07, 6.45) is 4.77. The summed E-state index contributed by atoms with van der Waals surface area (Å²) in [6.45, 7) is 1.87. The van der Waals surface area contributed by atoms with Gasteiger partial charge in [-0.15, -0.1) is 0 Å². The summed E-state index contributed by atoms with van der Waals surface area (Å²) < 4.78 is 5.10. The molecule has 1 amide bonds. The van der Waals surface area contributed by atoms with Crippen molar-refractivity contribution in [3.05, 3.63) is 53.6 Å². The Bertz CT molecular complexity index is 956. The van der Waals surface area contributed by atoms with Crippen LogP contribution >= 0.6 is 23.4 Å². The quantitative estimate of drug-likeness (QED) is 0.498. The normalized spacial score (nSPS) is 10.5. The predicted molar refractivity (Wildman–Crippen MR) is 105 cm³/mol. The number of nitrogens with one attached hydrogen (secondary N) is 1. The Kier molecular flexibility index (Phi) is 6.20. The van der Waals surface area contributed by atoms with Gasteiger partial charge in [0.05, 0.1) is 24.1 Å². The first-order valence-electron chi connectivity index (χ1n) is 7.93. The molecule has 2 aromatic heterocycles. The Hall–Kier alpha value is -2.71. The van der Waals surface area contributed by atoms with Crippen molar-refractivity contribution in [1.29, 1.82) is 0 Å². The number of hydrogen-bond acceptors (Lipinski definition) is 7. The zero-order valence-electron chi connectivity index (χ0n) is 14.6. The Morgan fingerprint density at radius 1 is 1.26 bits per heavy atom. The standard InChI is InChI=1S/C18H16ClN5O2S/c1-11-7-17(24-18(22-11)14-9-20-5-6-21-14)27-10-16(25)23-12-3-4-15(26-2)13(19)8-12/h3-9H,10H2,1-2H3,(H,23,25). The highest BCUT2D eigenvalue weighted by Gasteiger charge is 2.10. The third-order valence-corrected chi connectivity index (χ3v) is 4.62. The summed E-state index contributed by atoms with van der Waals surface area (Å²) in [6, 6.07) is 6.90. The molecule has 0 fully saturated rings. The highest BCUT2D eigenvalue weighted by atomic mass is 35.5. The van der Waals surface area contributed by atoms with E-state index in [1.165, 1.54) is 18.9 Å². The van der Waals surface area contributed by atoms with Crippen LogP contribution in [0.1, 0.15) is 5.69 Å². The number of anilines is 1. The first-order valence-corrected chi connectivity index (χ1v) is 9.30. The maximum Gasteiger partial charge on any atom is 0.234 e. The van der Waals surface area contributed by atoms with Crippen LogP contribution in [0, 0.1) is 6.92 Å². The van der Waals surface area contributed by atoms with Crippen molar-refractivity contribution in [1.82, 2.24) is 19.9 Å². The van der Waals surface area contributed by atoms with Crippen LogP contribution < -0.4 is 10.1 Å². The van der Waals surface area contributed by atoms with Crippen molar-refractivity contribution in [3.63, 3.8) is 0 Å². The van der Waals surface area contributed by atoms with Gasteiger partial charge in [0.25, 0.3) is 0 Å². The number of carbonyl (C=O) groups excluding carboxylic acids is 1. The minimum Gasteiger partial charge on any atom is -0.495 e. The second-order valence-electron chi connectivity index (χ2n) is 5.45. The fourth-order valence-electron chi connectivity index (χ4n) is 2.22. The predicted octanol–water partition coefficient (Wildman–Crippen LogP) is 3.63. The molecule has 1 N–H and O–H groups in total. The largest absolute Gasteiger partial charge is 0.495 e. The molecule has 0 aliphatic carbocycles. The molecule has 138 valence electrons. The van der Waals surface area contributed by atoms with E-state index in [9.17, 15) is 4.79 Å². The average molecular weight is 402 g/mol. The Morgan fingerprint density at radius 2 is 2.11 bits per heavy atom. The van der Waals surface area contributed by atoms with Crippen LogP contribution in [0.5, 0.6) is 5.75 Å². The van der Waals surface area contributed by atoms with E-state index in [2.05, 4.69) is 25.3 Å². The first-order chi connectivity index (χ1) is 13.0. The van der Waals surface area contributed by atoms with Crippen molar-refractivity contribution in [3.8, 4) is 17.3 Å². The van der Waals surface area contributed by atoms with Crippen molar-refractivity contribution in [2.75, 3.05) is 18.2 Å². The van der Waals surface area contributed by atoms with Gasteiger partial charge in [0.2, 0.25) is 5.91 Å². The molecule has 7 nitrogen and oxygen atoms in total. The number of benzene rings is 1. The molecule has 27 heavy (non-hydrogen) atoms. The fourth-order valence-corrected chi connectivity index (χ4v) is 3.24. The van der Waals surface area contributed by atoms with Crippen LogP contribution in [0.2, 0.25) is 5.02 Å². The molecule has 0 spiro atoms. The second kappa shape index (κ2) is 8.79. The number of rotatable bonds is 6. The van der Waals surface area contributed by atoms with Crippen LogP contribution in [0.25, 0.3) is 11.5 Å². The molecular formula is C18H16ClN5O2S. The lowest BCUT2D eigenvalue weighted by atomic mass is 10.3. The number of aromatic nitrogens is 4. The van der Waals surface area contributed by atoms with E-state index < -0.39 is 0 Å². The maximum absolute atomic E-state index is 12.2. The van der Waals surface area contributed by atoms with Gasteiger partial charge < -0.3 is 10.1 Å². The van der Waals surface area contributed by atoms with Gasteiger partial charge in [-0.05, 0) is 31.2 Å². The minimum atomic E-state index is -0.168. The van der Waals surface area contributed by atoms with Crippen LogP contribution in [-0.2, 0) is 4.79 Å². The van der Waals surface area contributed by atoms with Gasteiger partial charge >= 0.3 is 0 Å². The molecule has 9 heteroatoms. The monoisotopic (exact) mass is 401 g/mol. The van der Waals surface area contributed by atoms with E-state index in [0.717, 1.165) is 5.69 Å². The van der Waals surface area contributed by atoms with Gasteiger partial charge in [-0.1, -0.05) is 23.4 Å². The zero-order chi connectivity index (χ0) is 19.2. The van der Waals surface area contributed by atoms with Crippen molar-refractivity contribution >= 4 is 35.0 Å². The van der Waals surface area contributed by atoms with E-state index >= 15 is 0 Å². The van der Waals surface area contributed by atoms with Crippen molar-refractivity contribution in [2.24, 2.45) is 0 Å². The Labute approximate surface area is 165 Å². The number of amides is 1. The van der Waals surface area contributed by atoms with E-state index in [1.54, 1.807) is 36.8 Å². The molecule has 0 radical (unpaired) electrons. The third-order valence-electron chi connectivity index (χ3n) is 3.41. The summed E-state index contributed by atoms with van der Waals surface area (Å²) in [5.41, 5.74) is 1.97. The topological polar surface area (TPSA) is 89.9 Å². The lowest BCUT2D eigenvalue weighted by Crippen LogP contribution is -2.14. The second-order valence-corrected chi connectivity index (χ2v) is 6.85. The first kappa shape index (κ1) is 19.1. The van der Waals surface area contributed by atoms with E-state index in [4.69, 9.17) is 16.3 Å². The van der Waals surface area contributed by atoms with E-state index in [-0.39, 0.29) is 11.7 Å². The van der Waals surface area contributed by atoms with Crippen LogP contribution in [0.15, 0.2) is 47.9 Å². The van der Waals surface area contributed by atoms with Crippen LogP contribution in [0.4, 0.5) is 5.69 Å². The van der Waals surface area contributed by atoms with Crippen molar-refractivity contribution < 1.29 is 9.53 Å². The molecule has 3 rings (SSSR count). The zero-order valence-corrected chi connectivity index (χ0v) is 16.2. The average Bonchev–Trinajstić information content (AvgIpc) is 2.67. The molecule has 0 aliphatic rings. The third kappa shape index (κ3) is 5.15. The molecule has 3 aromatic rings. The molecular weight excluding hydrogens is 386 g/mol. The molecule has 2 heterocycles. The molecule has 0 aliphatic heterocycles. The number of halogens is 1. The number of ether oxygens (including phenoxy) is 1. The summed E-state index contributed by atoms with van der Waals surface area (Å²) >= 11 is 7.38. The van der Waals surface area contributed by atoms with Gasteiger partial charge in [-0.3, -0.25) is 9.78 Å². The Morgan fingerprint density at radius 3 is 2.81 bits per heavy atom. The number of aryl methyl sites for hydroxylation is 1. The molecule has 1 aromatic carbocycles. The van der Waals surface area contributed by atoms with E-state index in [1.807, 2.05) is 13.0 Å². The molecule has 0 atom stereocenters. The molecule has 0 saturated heterocycles. The van der Waals surface area contributed by atoms with Crippen molar-refractivity contribution in [2.45, 2.75) is 11.9 Å². The number of hydrogen-bond donors (Lipinski definition) is 1. The lowest BCUT2D eigenvalue weighted by molar-refractivity contribution is -0.113. The van der Waals surface area contributed by atoms with Gasteiger partial charge in [0.1, 0.15) is 16.5 Å². The summed E-state index contributed by atoms with van der Waals surface area (Å²) in [4.78, 5) is 29.3. The van der Waals surface area contributed by atoms with Gasteiger partial charge in [-0.25, -0.2) is 15.0 Å². The number of nitrogens with zero attached hydrogens (tertiary/aromatic N) is 4. The van der Waals surface area contributed by atoms with Crippen LogP contribution in [0.3, 0.4) is 0 Å². The van der Waals surface area contributed by atoms with E-state index in [0.29, 0.717) is 33.0 Å². The fraction of sp³-hybridized carbons (Fsp3) is 0.167. The van der Waals surface area contributed by atoms with Crippen LogP contribution in [-0.4, -0.2) is 38.7 Å². The molecule has 0 unspecified atom stereocenters. The summed E-state index contributed by atoms with van der Waals surface area (Å²) in [5.74, 6) is 1.06. The van der Waals surface area contributed by atoms with Gasteiger partial charge in [0, 0.05) is 23.8 Å².